The predicted octanol–water partition coefficient (Wildman–Crippen LogP) is 5.30. The Bertz CT molecular complexity index is 2030. The highest BCUT2D eigenvalue weighted by Crippen LogP contribution is 2.27. The van der Waals surface area contributed by atoms with Crippen molar-refractivity contribution in [1.29, 1.82) is 0 Å². The maximum Gasteiger partial charge on any atom is 0.328 e. The van der Waals surface area contributed by atoms with Gasteiger partial charge in [0.2, 0.25) is 15.9 Å². The van der Waals surface area contributed by atoms with Gasteiger partial charge in [-0.25, -0.2) is 13.2 Å². The number of hydrogen-bond acceptors (Lipinski definition) is 7. The SMILES string of the molecule is CC(C)CN(C[C@@H](O)[C@H](Cc1ccccc1)NC(=O)[C@H](C(C)C)N1CC(=O)N(Cc2ccc3ccccc3c2)C1=O)S(=O)(=O)c1ccc(Cl)c(N)c1. The van der Waals surface area contributed by atoms with E-state index in [0.717, 1.165) is 26.8 Å². The third-order valence-electron chi connectivity index (χ3n) is 9.13. The lowest BCUT2D eigenvalue weighted by atomic mass is 9.97. The molecular formula is C39H46ClN5O6S. The highest BCUT2D eigenvalue weighted by molar-refractivity contribution is 7.89. The number of hydrogen-bond donors (Lipinski definition) is 3. The van der Waals surface area contributed by atoms with Gasteiger partial charge in [-0.2, -0.15) is 4.31 Å². The molecule has 0 saturated carbocycles. The van der Waals surface area contributed by atoms with E-state index < -0.39 is 52.0 Å². The Hall–Kier alpha value is -4.49. The molecule has 11 nitrogen and oxygen atoms in total. The number of nitrogens with zero attached hydrogens (tertiary/aromatic N) is 3. The number of nitrogens with one attached hydrogen (secondary N) is 1. The van der Waals surface area contributed by atoms with Crippen molar-refractivity contribution >= 4 is 55.9 Å². The van der Waals surface area contributed by atoms with E-state index in [2.05, 4.69) is 5.32 Å². The second-order valence-electron chi connectivity index (χ2n) is 14.0. The van der Waals surface area contributed by atoms with Gasteiger partial charge >= 0.3 is 6.03 Å². The molecule has 0 radical (unpaired) electrons. The molecule has 4 aromatic rings. The number of benzene rings is 4. The van der Waals surface area contributed by atoms with Gasteiger partial charge in [0.15, 0.2) is 0 Å². The van der Waals surface area contributed by atoms with E-state index in [1.54, 1.807) is 13.8 Å². The van der Waals surface area contributed by atoms with E-state index in [1.807, 2.05) is 86.6 Å². The standard InChI is InChI=1S/C39H46ClN5O6S/c1-25(2)21-43(52(50,51)31-16-17-32(40)33(41)20-31)23-35(46)34(19-27-10-6-5-7-11-27)42-38(48)37(26(3)4)45-24-36(47)44(39(45)49)22-28-14-15-29-12-8-9-13-30(29)18-28/h5-18,20,25-26,34-35,37,46H,19,21-24,41H2,1-4H3,(H,42,48)/t34-,35+,37-/m0/s1. The predicted molar refractivity (Wildman–Crippen MR) is 203 cm³/mol. The molecule has 276 valence electrons. The second kappa shape index (κ2) is 16.5. The normalized spacial score (nSPS) is 15.6. The summed E-state index contributed by atoms with van der Waals surface area (Å²) in [6.07, 6.45) is -1.20. The summed E-state index contributed by atoms with van der Waals surface area (Å²) in [5, 5.41) is 16.9. The maximum atomic E-state index is 14.2. The fourth-order valence-electron chi connectivity index (χ4n) is 6.52. The molecule has 1 heterocycles. The number of aliphatic hydroxyl groups excluding tert-OH is 1. The molecule has 0 aromatic heterocycles. The zero-order chi connectivity index (χ0) is 37.7. The number of imide groups is 1. The Morgan fingerprint density at radius 3 is 2.23 bits per heavy atom. The Morgan fingerprint density at radius 2 is 1.58 bits per heavy atom. The molecule has 4 N–H and O–H groups in total. The Kier molecular flexibility index (Phi) is 12.3. The summed E-state index contributed by atoms with van der Waals surface area (Å²) in [7, 11) is -4.14. The number of halogens is 1. The third kappa shape index (κ3) is 8.92. The van der Waals surface area contributed by atoms with Crippen LogP contribution in [0.4, 0.5) is 10.5 Å². The summed E-state index contributed by atoms with van der Waals surface area (Å²) in [5.41, 5.74) is 7.61. The topological polar surface area (TPSA) is 153 Å². The molecule has 4 amide bonds. The van der Waals surface area contributed by atoms with Gasteiger partial charge in [-0.05, 0) is 64.4 Å². The zero-order valence-corrected chi connectivity index (χ0v) is 31.3. The molecule has 0 bridgehead atoms. The molecule has 3 atom stereocenters. The minimum atomic E-state index is -4.14. The van der Waals surface area contributed by atoms with Crippen LogP contribution in [0, 0.1) is 11.8 Å². The molecule has 1 aliphatic rings. The fraction of sp³-hybridized carbons (Fsp3) is 0.359. The summed E-state index contributed by atoms with van der Waals surface area (Å²) in [5.74, 6) is -1.49. The van der Waals surface area contributed by atoms with Crippen molar-refractivity contribution in [1.82, 2.24) is 19.4 Å². The Balaban J connectivity index is 1.38. The van der Waals surface area contributed by atoms with Gasteiger partial charge in [0.05, 0.1) is 34.3 Å². The zero-order valence-electron chi connectivity index (χ0n) is 29.8. The number of fused-ring (bicyclic) bond motifs is 1. The average Bonchev–Trinajstić information content (AvgIpc) is 3.36. The highest BCUT2D eigenvalue weighted by Gasteiger charge is 2.44. The second-order valence-corrected chi connectivity index (χ2v) is 16.4. The minimum Gasteiger partial charge on any atom is -0.397 e. The van der Waals surface area contributed by atoms with E-state index in [-0.39, 0.29) is 54.1 Å². The fourth-order valence-corrected chi connectivity index (χ4v) is 8.30. The van der Waals surface area contributed by atoms with Crippen LogP contribution < -0.4 is 11.1 Å². The smallest absolute Gasteiger partial charge is 0.328 e. The van der Waals surface area contributed by atoms with E-state index in [4.69, 9.17) is 17.3 Å². The number of amides is 4. The molecular weight excluding hydrogens is 702 g/mol. The van der Waals surface area contributed by atoms with Crippen LogP contribution in [0.25, 0.3) is 10.8 Å². The summed E-state index contributed by atoms with van der Waals surface area (Å²) < 4.78 is 28.9. The molecule has 13 heteroatoms. The minimum absolute atomic E-state index is 0.0558. The molecule has 1 aliphatic heterocycles. The number of rotatable bonds is 15. The molecule has 0 spiro atoms. The first kappa shape index (κ1) is 38.7. The van der Waals surface area contributed by atoms with E-state index in [0.29, 0.717) is 0 Å². The van der Waals surface area contributed by atoms with Gasteiger partial charge in [0.25, 0.3) is 5.91 Å². The molecule has 1 fully saturated rings. The van der Waals surface area contributed by atoms with Crippen LogP contribution in [0.2, 0.25) is 5.02 Å². The maximum absolute atomic E-state index is 14.2. The number of anilines is 1. The Morgan fingerprint density at radius 1 is 0.904 bits per heavy atom. The number of urea groups is 1. The van der Waals surface area contributed by atoms with Crippen LogP contribution in [0.15, 0.2) is 95.9 Å². The van der Waals surface area contributed by atoms with E-state index in [9.17, 15) is 27.9 Å². The molecule has 1 saturated heterocycles. The third-order valence-corrected chi connectivity index (χ3v) is 11.3. The monoisotopic (exact) mass is 747 g/mol. The van der Waals surface area contributed by atoms with Gasteiger partial charge in [0, 0.05) is 13.1 Å². The van der Waals surface area contributed by atoms with Crippen molar-refractivity contribution in [2.75, 3.05) is 25.4 Å². The van der Waals surface area contributed by atoms with Gasteiger partial charge in [0.1, 0.15) is 12.6 Å². The number of nitrogen functional groups attached to an aromatic ring is 1. The molecule has 0 unspecified atom stereocenters. The largest absolute Gasteiger partial charge is 0.397 e. The summed E-state index contributed by atoms with van der Waals surface area (Å²) in [6.45, 7) is 6.81. The lowest BCUT2D eigenvalue weighted by molar-refractivity contribution is -0.129. The van der Waals surface area contributed by atoms with Crippen molar-refractivity contribution in [2.24, 2.45) is 11.8 Å². The number of nitrogens with two attached hydrogens (primary N) is 1. The van der Waals surface area contributed by atoms with Crippen molar-refractivity contribution < 1.29 is 27.9 Å². The first-order chi connectivity index (χ1) is 24.6. The lowest BCUT2D eigenvalue weighted by Crippen LogP contribution is -2.57. The Labute approximate surface area is 310 Å². The van der Waals surface area contributed by atoms with Crippen LogP contribution >= 0.6 is 11.6 Å². The average molecular weight is 748 g/mol. The molecule has 0 aliphatic carbocycles. The summed E-state index contributed by atoms with van der Waals surface area (Å²) in [4.78, 5) is 43.6. The number of carbonyl (C=O) groups excluding carboxylic acids is 3. The van der Waals surface area contributed by atoms with Crippen molar-refractivity contribution in [2.45, 2.75) is 63.7 Å². The van der Waals surface area contributed by atoms with Crippen molar-refractivity contribution in [3.05, 3.63) is 107 Å². The van der Waals surface area contributed by atoms with Crippen molar-refractivity contribution in [3.8, 4) is 0 Å². The number of carbonyl (C=O) groups is 3. The van der Waals surface area contributed by atoms with Gasteiger partial charge in [-0.15, -0.1) is 0 Å². The van der Waals surface area contributed by atoms with Crippen LogP contribution in [-0.2, 0) is 32.6 Å². The molecule has 5 rings (SSSR count). The molecule has 4 aromatic carbocycles. The number of sulfonamides is 1. The van der Waals surface area contributed by atoms with Crippen LogP contribution in [-0.4, -0.2) is 83.3 Å². The van der Waals surface area contributed by atoms with Gasteiger partial charge < -0.3 is 21.1 Å². The first-order valence-electron chi connectivity index (χ1n) is 17.3. The van der Waals surface area contributed by atoms with Crippen LogP contribution in [0.5, 0.6) is 0 Å². The quantitative estimate of drug-likeness (QED) is 0.110. The van der Waals surface area contributed by atoms with E-state index >= 15 is 0 Å². The van der Waals surface area contributed by atoms with E-state index in [1.165, 1.54) is 27.4 Å². The summed E-state index contributed by atoms with van der Waals surface area (Å²) in [6, 6.07) is 24.2. The summed E-state index contributed by atoms with van der Waals surface area (Å²) >= 11 is 6.06. The molecule has 52 heavy (non-hydrogen) atoms. The van der Waals surface area contributed by atoms with Gasteiger partial charge in [-0.1, -0.05) is 106 Å². The van der Waals surface area contributed by atoms with Crippen LogP contribution in [0.3, 0.4) is 0 Å². The van der Waals surface area contributed by atoms with Crippen LogP contribution in [0.1, 0.15) is 38.8 Å². The van der Waals surface area contributed by atoms with Gasteiger partial charge in [-0.3, -0.25) is 14.5 Å². The number of aliphatic hydroxyl groups is 1. The highest BCUT2D eigenvalue weighted by atomic mass is 35.5. The lowest BCUT2D eigenvalue weighted by Gasteiger charge is -2.34. The first-order valence-corrected chi connectivity index (χ1v) is 19.1. The van der Waals surface area contributed by atoms with Crippen molar-refractivity contribution in [3.63, 3.8) is 0 Å².